The second kappa shape index (κ2) is 4.04. The molecule has 2 fully saturated rings. The van der Waals surface area contributed by atoms with E-state index in [2.05, 4.69) is 10.3 Å². The van der Waals surface area contributed by atoms with E-state index in [4.69, 9.17) is 0 Å². The number of pyridine rings is 1. The summed E-state index contributed by atoms with van der Waals surface area (Å²) in [6.07, 6.45) is 3.02. The second-order valence-corrected chi connectivity index (χ2v) is 4.60. The maximum atomic E-state index is 12.7. The van der Waals surface area contributed by atoms with Crippen molar-refractivity contribution in [3.63, 3.8) is 0 Å². The van der Waals surface area contributed by atoms with Crippen LogP contribution in [0.4, 0.5) is 10.2 Å². The van der Waals surface area contributed by atoms with Crippen LogP contribution < -0.4 is 5.32 Å². The summed E-state index contributed by atoms with van der Waals surface area (Å²) in [5, 5.41) is 2.87. The van der Waals surface area contributed by atoms with E-state index in [-0.39, 0.29) is 24.3 Å². The van der Waals surface area contributed by atoms with Crippen molar-refractivity contribution in [3.8, 4) is 0 Å². The van der Waals surface area contributed by atoms with Crippen LogP contribution in [0.2, 0.25) is 0 Å². The number of likely N-dealkylation sites (tertiary alicyclic amines) is 1. The molecule has 1 saturated heterocycles. The summed E-state index contributed by atoms with van der Waals surface area (Å²) in [5.41, 5.74) is 0. The van der Waals surface area contributed by atoms with E-state index in [1.165, 1.54) is 17.0 Å². The number of anilines is 1. The van der Waals surface area contributed by atoms with Gasteiger partial charge in [-0.1, -0.05) is 0 Å². The van der Waals surface area contributed by atoms with Crippen molar-refractivity contribution in [3.05, 3.63) is 24.1 Å². The molecule has 1 aliphatic heterocycles. The minimum Gasteiger partial charge on any atom is -0.358 e. The molecule has 0 aromatic carbocycles. The molecule has 3 rings (SSSR count). The first-order valence-corrected chi connectivity index (χ1v) is 5.89. The first-order valence-electron chi connectivity index (χ1n) is 5.89. The van der Waals surface area contributed by atoms with E-state index in [1.54, 1.807) is 0 Å². The second-order valence-electron chi connectivity index (χ2n) is 4.60. The summed E-state index contributed by atoms with van der Waals surface area (Å²) in [5.74, 6) is -0.370. The monoisotopic (exact) mass is 249 g/mol. The fraction of sp³-hybridized carbons (Fsp3) is 0.417. The topological polar surface area (TPSA) is 62.3 Å². The average molecular weight is 249 g/mol. The molecule has 1 N–H and O–H groups in total. The number of nitrogens with zero attached hydrogens (tertiary/aromatic N) is 2. The molecule has 1 aliphatic carbocycles. The zero-order valence-corrected chi connectivity index (χ0v) is 9.60. The van der Waals surface area contributed by atoms with Crippen LogP contribution in [0, 0.1) is 5.82 Å². The lowest BCUT2D eigenvalue weighted by Gasteiger charge is -2.14. The molecule has 18 heavy (non-hydrogen) atoms. The van der Waals surface area contributed by atoms with Crippen molar-refractivity contribution < 1.29 is 14.0 Å². The third kappa shape index (κ3) is 1.94. The summed E-state index contributed by atoms with van der Waals surface area (Å²) in [7, 11) is 0. The average Bonchev–Trinajstić information content (AvgIpc) is 3.12. The first kappa shape index (κ1) is 11.1. The zero-order chi connectivity index (χ0) is 12.7. The Balaban J connectivity index is 1.72. The van der Waals surface area contributed by atoms with Gasteiger partial charge in [-0.2, -0.15) is 0 Å². The van der Waals surface area contributed by atoms with E-state index >= 15 is 0 Å². The number of amides is 2. The number of aromatic nitrogens is 1. The van der Waals surface area contributed by atoms with E-state index in [1.807, 2.05) is 0 Å². The fourth-order valence-corrected chi connectivity index (χ4v) is 2.12. The van der Waals surface area contributed by atoms with E-state index in [0.29, 0.717) is 5.82 Å². The predicted molar refractivity (Wildman–Crippen MR) is 61.1 cm³/mol. The van der Waals surface area contributed by atoms with Crippen LogP contribution in [0.5, 0.6) is 0 Å². The van der Waals surface area contributed by atoms with Gasteiger partial charge >= 0.3 is 0 Å². The highest BCUT2D eigenvalue weighted by molar-refractivity contribution is 6.07. The molecule has 1 unspecified atom stereocenters. The fourth-order valence-electron chi connectivity index (χ4n) is 2.12. The highest BCUT2D eigenvalue weighted by Crippen LogP contribution is 2.32. The van der Waals surface area contributed by atoms with Gasteiger partial charge in [-0.25, -0.2) is 9.37 Å². The van der Waals surface area contributed by atoms with Gasteiger partial charge < -0.3 is 5.32 Å². The van der Waals surface area contributed by atoms with Crippen molar-refractivity contribution in [1.29, 1.82) is 0 Å². The third-order valence-corrected chi connectivity index (χ3v) is 3.14. The SMILES string of the molecule is O=C1CC(Nc2ccc(F)cn2)C(=O)N1C1CC1. The Hall–Kier alpha value is -1.98. The molecule has 5 nitrogen and oxygen atoms in total. The predicted octanol–water partition coefficient (Wildman–Crippen LogP) is 0.922. The molecule has 2 aliphatic rings. The van der Waals surface area contributed by atoms with Gasteiger partial charge in [0.2, 0.25) is 5.91 Å². The van der Waals surface area contributed by atoms with Gasteiger partial charge in [0, 0.05) is 6.04 Å². The molecule has 6 heteroatoms. The number of rotatable bonds is 3. The summed E-state index contributed by atoms with van der Waals surface area (Å²) in [6, 6.07) is 2.23. The van der Waals surface area contributed by atoms with Crippen LogP contribution in [-0.4, -0.2) is 33.8 Å². The number of halogens is 1. The molecule has 1 saturated carbocycles. The minimum absolute atomic E-state index is 0.0953. The van der Waals surface area contributed by atoms with Gasteiger partial charge in [-0.3, -0.25) is 14.5 Å². The number of imide groups is 1. The smallest absolute Gasteiger partial charge is 0.252 e. The van der Waals surface area contributed by atoms with Crippen molar-refractivity contribution >= 4 is 17.6 Å². The molecule has 1 atom stereocenters. The Morgan fingerprint density at radius 3 is 2.72 bits per heavy atom. The first-order chi connectivity index (χ1) is 8.65. The molecule has 2 heterocycles. The third-order valence-electron chi connectivity index (χ3n) is 3.14. The summed E-state index contributed by atoms with van der Waals surface area (Å²) in [4.78, 5) is 28.9. The Morgan fingerprint density at radius 1 is 1.33 bits per heavy atom. The molecule has 0 radical (unpaired) electrons. The number of carbonyl (C=O) groups is 2. The molecule has 94 valence electrons. The molecule has 1 aromatic rings. The Labute approximate surface area is 103 Å². The van der Waals surface area contributed by atoms with Crippen molar-refractivity contribution in [1.82, 2.24) is 9.88 Å². The van der Waals surface area contributed by atoms with Gasteiger partial charge in [0.15, 0.2) is 0 Å². The van der Waals surface area contributed by atoms with Crippen molar-refractivity contribution in [2.24, 2.45) is 0 Å². The Morgan fingerprint density at radius 2 is 2.11 bits per heavy atom. The van der Waals surface area contributed by atoms with Gasteiger partial charge in [-0.15, -0.1) is 0 Å². The van der Waals surface area contributed by atoms with E-state index < -0.39 is 11.9 Å². The van der Waals surface area contributed by atoms with Crippen LogP contribution in [0.15, 0.2) is 18.3 Å². The lowest BCUT2D eigenvalue weighted by atomic mass is 10.2. The normalized spacial score (nSPS) is 23.6. The lowest BCUT2D eigenvalue weighted by Crippen LogP contribution is -2.36. The highest BCUT2D eigenvalue weighted by Gasteiger charge is 2.46. The molecule has 0 spiro atoms. The number of hydrogen-bond donors (Lipinski definition) is 1. The van der Waals surface area contributed by atoms with Crippen LogP contribution in [-0.2, 0) is 9.59 Å². The summed E-state index contributed by atoms with van der Waals surface area (Å²) < 4.78 is 12.7. The van der Waals surface area contributed by atoms with Gasteiger partial charge in [-0.05, 0) is 25.0 Å². The summed E-state index contributed by atoms with van der Waals surface area (Å²) >= 11 is 0. The molecular formula is C12H12FN3O2. The Bertz CT molecular complexity index is 499. The standard InChI is InChI=1S/C12H12FN3O2/c13-7-1-4-10(14-6-7)15-9-5-11(17)16(12(9)18)8-2-3-8/h1,4,6,8-9H,2-3,5H2,(H,14,15). The maximum absolute atomic E-state index is 12.7. The van der Waals surface area contributed by atoms with Crippen LogP contribution >= 0.6 is 0 Å². The number of nitrogens with one attached hydrogen (secondary N) is 1. The number of hydrogen-bond acceptors (Lipinski definition) is 4. The van der Waals surface area contributed by atoms with Crippen LogP contribution in [0.25, 0.3) is 0 Å². The minimum atomic E-state index is -0.573. The molecular weight excluding hydrogens is 237 g/mol. The van der Waals surface area contributed by atoms with Crippen molar-refractivity contribution in [2.45, 2.75) is 31.3 Å². The molecule has 0 bridgehead atoms. The number of carbonyl (C=O) groups excluding carboxylic acids is 2. The van der Waals surface area contributed by atoms with Crippen LogP contribution in [0.3, 0.4) is 0 Å². The van der Waals surface area contributed by atoms with E-state index in [0.717, 1.165) is 19.0 Å². The largest absolute Gasteiger partial charge is 0.358 e. The van der Waals surface area contributed by atoms with Gasteiger partial charge in [0.05, 0.1) is 12.6 Å². The highest BCUT2D eigenvalue weighted by atomic mass is 19.1. The summed E-state index contributed by atoms with van der Waals surface area (Å²) in [6.45, 7) is 0. The zero-order valence-electron chi connectivity index (χ0n) is 9.60. The van der Waals surface area contributed by atoms with Crippen LogP contribution in [0.1, 0.15) is 19.3 Å². The van der Waals surface area contributed by atoms with E-state index in [9.17, 15) is 14.0 Å². The quantitative estimate of drug-likeness (QED) is 0.809. The van der Waals surface area contributed by atoms with Crippen molar-refractivity contribution in [2.75, 3.05) is 5.32 Å². The maximum Gasteiger partial charge on any atom is 0.252 e. The molecule has 2 amide bonds. The van der Waals surface area contributed by atoms with Gasteiger partial charge in [0.25, 0.3) is 5.91 Å². The lowest BCUT2D eigenvalue weighted by molar-refractivity contribution is -0.139. The molecule has 1 aromatic heterocycles. The van der Waals surface area contributed by atoms with Gasteiger partial charge in [0.1, 0.15) is 17.7 Å². The Kier molecular flexibility index (Phi) is 2.50.